The number of rotatable bonds is 1. The van der Waals surface area contributed by atoms with Crippen LogP contribution < -0.4 is 0 Å². The molecule has 0 N–H and O–H groups in total. The molecule has 0 bridgehead atoms. The van der Waals surface area contributed by atoms with Crippen LogP contribution in [0.4, 0.5) is 0 Å². The third-order valence-corrected chi connectivity index (χ3v) is 8.98. The first-order valence-electron chi connectivity index (χ1n) is 10.7. The lowest BCUT2D eigenvalue weighted by molar-refractivity contribution is -0.117. The Balaban J connectivity index is 1.44. The second-order valence-corrected chi connectivity index (χ2v) is 9.99. The van der Waals surface area contributed by atoms with Crippen molar-refractivity contribution in [2.75, 3.05) is 0 Å². The molecule has 3 fully saturated rings. The van der Waals surface area contributed by atoms with Crippen LogP contribution in [0, 0.1) is 34.5 Å². The lowest BCUT2D eigenvalue weighted by atomic mass is 9.47. The van der Waals surface area contributed by atoms with Crippen molar-refractivity contribution in [2.45, 2.75) is 72.0 Å². The molecule has 1 unspecified atom stereocenters. The fourth-order valence-corrected chi connectivity index (χ4v) is 7.60. The molecule has 1 aliphatic heterocycles. The molecule has 0 aromatic rings. The molecular weight excluding hydrogens is 323 g/mol. The van der Waals surface area contributed by atoms with Gasteiger partial charge in [-0.3, -0.25) is 4.79 Å². The number of carbonyl (C=O) groups is 1. The Bertz CT molecular complexity index is 698. The van der Waals surface area contributed by atoms with Gasteiger partial charge in [0.15, 0.2) is 5.78 Å². The first kappa shape index (κ1) is 17.0. The summed E-state index contributed by atoms with van der Waals surface area (Å²) in [5, 5.41) is 0. The molecule has 26 heavy (non-hydrogen) atoms. The largest absolute Gasteiger partial charge is 0.590 e. The Hall–Kier alpha value is -1.19. The standard InChI is InChI=1S/C22H31BO3/c1-21-10-8-15(24)12-14(21)4-5-16-17-6-7-19(20-13-25-23(3)26-20)22(17,2)11-9-18(16)21/h12-13,16-19H,4-11H2,1-3H3/t16-,17-,18-,19+,21?,22-/m0/s1. The molecule has 0 amide bonds. The molecule has 0 aromatic heterocycles. The van der Waals surface area contributed by atoms with Crippen molar-refractivity contribution < 1.29 is 14.1 Å². The van der Waals surface area contributed by atoms with Crippen LogP contribution in [0.25, 0.3) is 0 Å². The maximum Gasteiger partial charge on any atom is 0.590 e. The third-order valence-electron chi connectivity index (χ3n) is 8.98. The highest BCUT2D eigenvalue weighted by Crippen LogP contribution is 2.67. The third kappa shape index (κ3) is 2.23. The van der Waals surface area contributed by atoms with Gasteiger partial charge in [-0.2, -0.15) is 0 Å². The monoisotopic (exact) mass is 354 g/mol. The lowest BCUT2D eigenvalue weighted by Crippen LogP contribution is -2.50. The minimum Gasteiger partial charge on any atom is -0.529 e. The molecule has 0 radical (unpaired) electrons. The Morgan fingerprint density at radius 3 is 2.69 bits per heavy atom. The highest BCUT2D eigenvalue weighted by molar-refractivity contribution is 6.43. The van der Waals surface area contributed by atoms with E-state index in [0.717, 1.165) is 42.8 Å². The highest BCUT2D eigenvalue weighted by Gasteiger charge is 2.60. The molecule has 4 heteroatoms. The van der Waals surface area contributed by atoms with Crippen LogP contribution in [0.3, 0.4) is 0 Å². The summed E-state index contributed by atoms with van der Waals surface area (Å²) in [6.45, 7) is 6.97. The van der Waals surface area contributed by atoms with Crippen LogP contribution >= 0.6 is 0 Å². The summed E-state index contributed by atoms with van der Waals surface area (Å²) in [5.74, 6) is 4.36. The summed E-state index contributed by atoms with van der Waals surface area (Å²) in [5.41, 5.74) is 2.09. The molecule has 3 nitrogen and oxygen atoms in total. The summed E-state index contributed by atoms with van der Waals surface area (Å²) < 4.78 is 11.6. The first-order valence-corrected chi connectivity index (χ1v) is 10.7. The van der Waals surface area contributed by atoms with Crippen LogP contribution in [0.5, 0.6) is 0 Å². The number of hydrogen-bond acceptors (Lipinski definition) is 3. The van der Waals surface area contributed by atoms with Gasteiger partial charge < -0.3 is 9.31 Å². The van der Waals surface area contributed by atoms with E-state index in [1.54, 1.807) is 0 Å². The van der Waals surface area contributed by atoms with E-state index in [1.807, 2.05) is 19.2 Å². The minimum absolute atomic E-state index is 0.120. The van der Waals surface area contributed by atoms with E-state index in [9.17, 15) is 4.79 Å². The van der Waals surface area contributed by atoms with Gasteiger partial charge >= 0.3 is 7.12 Å². The molecule has 0 aromatic carbocycles. The normalized spacial score (nSPS) is 47.2. The SMILES string of the molecule is CB1OC=C([C@H]2CC[C@H]3[C@@H]4CCC5=CC(=O)CCC5(C)[C@H]4CC[C@]23C)O1. The van der Waals surface area contributed by atoms with Gasteiger partial charge in [0.25, 0.3) is 0 Å². The van der Waals surface area contributed by atoms with Crippen molar-refractivity contribution in [3.8, 4) is 0 Å². The molecule has 140 valence electrons. The highest BCUT2D eigenvalue weighted by atomic mass is 16.6. The van der Waals surface area contributed by atoms with Gasteiger partial charge in [-0.05, 0) is 86.4 Å². The van der Waals surface area contributed by atoms with Crippen molar-refractivity contribution in [2.24, 2.45) is 34.5 Å². The summed E-state index contributed by atoms with van der Waals surface area (Å²) in [4.78, 5) is 12.0. The number of fused-ring (bicyclic) bond motifs is 5. The second-order valence-electron chi connectivity index (χ2n) is 9.99. The van der Waals surface area contributed by atoms with Crippen molar-refractivity contribution in [1.29, 1.82) is 0 Å². The van der Waals surface area contributed by atoms with Gasteiger partial charge in [0, 0.05) is 12.3 Å². The van der Waals surface area contributed by atoms with Crippen molar-refractivity contribution >= 4 is 12.9 Å². The zero-order valence-electron chi connectivity index (χ0n) is 16.4. The second kappa shape index (κ2) is 5.66. The van der Waals surface area contributed by atoms with E-state index in [-0.39, 0.29) is 12.5 Å². The summed E-state index contributed by atoms with van der Waals surface area (Å²) in [6.07, 6.45) is 13.3. The molecule has 4 aliphatic carbocycles. The molecule has 6 atom stereocenters. The Labute approximate surface area is 157 Å². The summed E-state index contributed by atoms with van der Waals surface area (Å²) in [7, 11) is -0.120. The predicted molar refractivity (Wildman–Crippen MR) is 102 cm³/mol. The molecule has 0 spiro atoms. The van der Waals surface area contributed by atoms with E-state index in [1.165, 1.54) is 37.7 Å². The lowest BCUT2D eigenvalue weighted by Gasteiger charge is -2.58. The van der Waals surface area contributed by atoms with Crippen LogP contribution in [0.15, 0.2) is 23.7 Å². The van der Waals surface area contributed by atoms with Crippen LogP contribution in [0.2, 0.25) is 6.82 Å². The molecule has 3 saturated carbocycles. The Kier molecular flexibility index (Phi) is 3.69. The van der Waals surface area contributed by atoms with Crippen LogP contribution in [-0.4, -0.2) is 12.9 Å². The molecule has 1 heterocycles. The summed E-state index contributed by atoms with van der Waals surface area (Å²) >= 11 is 0. The maximum absolute atomic E-state index is 12.0. The smallest absolute Gasteiger partial charge is 0.529 e. The Morgan fingerprint density at radius 1 is 1.08 bits per heavy atom. The number of ketones is 1. The van der Waals surface area contributed by atoms with Crippen molar-refractivity contribution in [3.63, 3.8) is 0 Å². The van der Waals surface area contributed by atoms with Crippen molar-refractivity contribution in [1.82, 2.24) is 0 Å². The zero-order chi connectivity index (χ0) is 18.1. The number of carbonyl (C=O) groups excluding carboxylic acids is 1. The van der Waals surface area contributed by atoms with E-state index < -0.39 is 0 Å². The minimum atomic E-state index is -0.120. The quantitative estimate of drug-likeness (QED) is 0.612. The van der Waals surface area contributed by atoms with Gasteiger partial charge in [0.1, 0.15) is 12.0 Å². The summed E-state index contributed by atoms with van der Waals surface area (Å²) in [6, 6.07) is 0. The van der Waals surface area contributed by atoms with Gasteiger partial charge in [-0.15, -0.1) is 0 Å². The average molecular weight is 354 g/mol. The van der Waals surface area contributed by atoms with Gasteiger partial charge in [-0.1, -0.05) is 19.4 Å². The first-order chi connectivity index (χ1) is 12.4. The average Bonchev–Trinajstić information content (AvgIpc) is 3.18. The fraction of sp³-hybridized carbons (Fsp3) is 0.773. The van der Waals surface area contributed by atoms with E-state index in [2.05, 4.69) is 13.8 Å². The topological polar surface area (TPSA) is 35.5 Å². The van der Waals surface area contributed by atoms with Crippen LogP contribution in [-0.2, 0) is 14.1 Å². The Morgan fingerprint density at radius 2 is 1.92 bits per heavy atom. The maximum atomic E-state index is 12.0. The van der Waals surface area contributed by atoms with Crippen LogP contribution in [0.1, 0.15) is 65.2 Å². The molecular formula is C22H31BO3. The molecule has 0 saturated heterocycles. The number of allylic oxidation sites excluding steroid dienone is 2. The predicted octanol–water partition coefficient (Wildman–Crippen LogP) is 5.14. The zero-order valence-corrected chi connectivity index (χ0v) is 16.4. The van der Waals surface area contributed by atoms with E-state index in [4.69, 9.17) is 9.31 Å². The number of hydrogen-bond donors (Lipinski definition) is 0. The van der Waals surface area contributed by atoms with E-state index >= 15 is 0 Å². The van der Waals surface area contributed by atoms with E-state index in [0.29, 0.717) is 17.1 Å². The van der Waals surface area contributed by atoms with Gasteiger partial charge in [0.2, 0.25) is 0 Å². The molecule has 5 rings (SSSR count). The fourth-order valence-electron chi connectivity index (χ4n) is 7.60. The van der Waals surface area contributed by atoms with Gasteiger partial charge in [-0.25, -0.2) is 0 Å². The molecule has 5 aliphatic rings. The van der Waals surface area contributed by atoms with Crippen molar-refractivity contribution in [3.05, 3.63) is 23.7 Å². The van der Waals surface area contributed by atoms with Gasteiger partial charge in [0.05, 0.1) is 0 Å².